The largest absolute Gasteiger partial charge is 0.312 e. The summed E-state index contributed by atoms with van der Waals surface area (Å²) in [5, 5.41) is 3.11. The van der Waals surface area contributed by atoms with Gasteiger partial charge in [0.2, 0.25) is 0 Å². The van der Waals surface area contributed by atoms with Gasteiger partial charge in [-0.05, 0) is 25.7 Å². The molecule has 1 unspecified atom stereocenters. The zero-order valence-corrected chi connectivity index (χ0v) is 7.86. The predicted molar refractivity (Wildman–Crippen MR) is 47.5 cm³/mol. The van der Waals surface area contributed by atoms with Crippen LogP contribution in [0.1, 0.15) is 33.6 Å². The van der Waals surface area contributed by atoms with Crippen LogP contribution in [-0.2, 0) is 0 Å². The Labute approximate surface area is 69.4 Å². The SMILES string of the molecule is CC(C)CCC(C)NCCF. The van der Waals surface area contributed by atoms with Crippen LogP contribution in [0.2, 0.25) is 0 Å². The molecule has 0 radical (unpaired) electrons. The molecule has 0 aliphatic carbocycles. The molecule has 1 N–H and O–H groups in total. The summed E-state index contributed by atoms with van der Waals surface area (Å²) in [5.74, 6) is 0.754. The minimum absolute atomic E-state index is 0.258. The second-order valence-corrected chi connectivity index (χ2v) is 3.52. The first-order chi connectivity index (χ1) is 5.16. The van der Waals surface area contributed by atoms with Crippen LogP contribution in [-0.4, -0.2) is 19.3 Å². The molecule has 0 amide bonds. The molecule has 1 atom stereocenters. The van der Waals surface area contributed by atoms with Gasteiger partial charge in [-0.25, -0.2) is 4.39 Å². The fourth-order valence-electron chi connectivity index (χ4n) is 0.986. The van der Waals surface area contributed by atoms with Crippen LogP contribution in [0.4, 0.5) is 4.39 Å². The van der Waals surface area contributed by atoms with E-state index < -0.39 is 0 Å². The van der Waals surface area contributed by atoms with Gasteiger partial charge >= 0.3 is 0 Å². The first-order valence-electron chi connectivity index (χ1n) is 4.46. The Hall–Kier alpha value is -0.110. The average molecular weight is 161 g/mol. The van der Waals surface area contributed by atoms with Crippen LogP contribution in [0.5, 0.6) is 0 Å². The van der Waals surface area contributed by atoms with Crippen LogP contribution >= 0.6 is 0 Å². The Morgan fingerprint density at radius 1 is 1.18 bits per heavy atom. The fourth-order valence-corrected chi connectivity index (χ4v) is 0.986. The number of hydrogen-bond donors (Lipinski definition) is 1. The minimum atomic E-state index is -0.258. The van der Waals surface area contributed by atoms with E-state index in [0.29, 0.717) is 12.6 Å². The van der Waals surface area contributed by atoms with E-state index >= 15 is 0 Å². The van der Waals surface area contributed by atoms with Crippen molar-refractivity contribution in [3.63, 3.8) is 0 Å². The topological polar surface area (TPSA) is 12.0 Å². The van der Waals surface area contributed by atoms with Crippen LogP contribution < -0.4 is 5.32 Å². The molecule has 2 heteroatoms. The van der Waals surface area contributed by atoms with Gasteiger partial charge in [-0.1, -0.05) is 13.8 Å². The first kappa shape index (κ1) is 10.9. The monoisotopic (exact) mass is 161 g/mol. The normalized spacial score (nSPS) is 13.9. The smallest absolute Gasteiger partial charge is 0.102 e. The Bertz CT molecular complexity index is 83.6. The Kier molecular flexibility index (Phi) is 6.52. The molecule has 0 saturated carbocycles. The molecule has 11 heavy (non-hydrogen) atoms. The first-order valence-corrected chi connectivity index (χ1v) is 4.46. The predicted octanol–water partition coefficient (Wildman–Crippen LogP) is 2.37. The second kappa shape index (κ2) is 6.59. The summed E-state index contributed by atoms with van der Waals surface area (Å²) in [7, 11) is 0. The number of nitrogens with one attached hydrogen (secondary N) is 1. The van der Waals surface area contributed by atoms with Crippen molar-refractivity contribution in [2.24, 2.45) is 5.92 Å². The van der Waals surface area contributed by atoms with Gasteiger partial charge in [-0.2, -0.15) is 0 Å². The van der Waals surface area contributed by atoms with Gasteiger partial charge in [0.1, 0.15) is 6.67 Å². The van der Waals surface area contributed by atoms with Gasteiger partial charge < -0.3 is 5.32 Å². The van der Waals surface area contributed by atoms with E-state index in [9.17, 15) is 4.39 Å². The quantitative estimate of drug-likeness (QED) is 0.630. The van der Waals surface area contributed by atoms with Gasteiger partial charge in [0, 0.05) is 12.6 Å². The third-order valence-electron chi connectivity index (χ3n) is 1.76. The maximum atomic E-state index is 11.7. The van der Waals surface area contributed by atoms with Crippen molar-refractivity contribution in [3.8, 4) is 0 Å². The summed E-state index contributed by atoms with van der Waals surface area (Å²) in [6, 6.07) is 0.466. The van der Waals surface area contributed by atoms with Crippen LogP contribution in [0.25, 0.3) is 0 Å². The summed E-state index contributed by atoms with van der Waals surface area (Å²) in [5.41, 5.74) is 0. The van der Waals surface area contributed by atoms with Crippen LogP contribution in [0, 0.1) is 5.92 Å². The highest BCUT2D eigenvalue weighted by Crippen LogP contribution is 2.05. The number of hydrogen-bond acceptors (Lipinski definition) is 1. The van der Waals surface area contributed by atoms with E-state index in [-0.39, 0.29) is 6.67 Å². The highest BCUT2D eigenvalue weighted by molar-refractivity contribution is 4.60. The van der Waals surface area contributed by atoms with E-state index in [1.54, 1.807) is 0 Å². The van der Waals surface area contributed by atoms with E-state index in [1.807, 2.05) is 0 Å². The second-order valence-electron chi connectivity index (χ2n) is 3.52. The van der Waals surface area contributed by atoms with Crippen molar-refractivity contribution in [1.29, 1.82) is 0 Å². The molecular weight excluding hydrogens is 141 g/mol. The Balaban J connectivity index is 3.15. The molecule has 0 aliphatic rings. The summed E-state index contributed by atoms with van der Waals surface area (Å²) in [6.45, 7) is 6.77. The average Bonchev–Trinajstić information content (AvgIpc) is 1.97. The Morgan fingerprint density at radius 2 is 1.82 bits per heavy atom. The molecule has 1 nitrogen and oxygen atoms in total. The van der Waals surface area contributed by atoms with E-state index in [4.69, 9.17) is 0 Å². The lowest BCUT2D eigenvalue weighted by molar-refractivity contribution is 0.409. The zero-order chi connectivity index (χ0) is 8.69. The van der Waals surface area contributed by atoms with E-state index in [1.165, 1.54) is 6.42 Å². The van der Waals surface area contributed by atoms with Crippen molar-refractivity contribution < 1.29 is 4.39 Å². The molecule has 0 bridgehead atoms. The molecular formula is C9H20FN. The molecule has 0 saturated heterocycles. The minimum Gasteiger partial charge on any atom is -0.312 e. The molecule has 0 spiro atoms. The molecule has 0 aromatic heterocycles. The zero-order valence-electron chi connectivity index (χ0n) is 7.86. The molecule has 0 aromatic carbocycles. The van der Waals surface area contributed by atoms with Crippen molar-refractivity contribution in [2.75, 3.05) is 13.2 Å². The van der Waals surface area contributed by atoms with Crippen molar-refractivity contribution in [1.82, 2.24) is 5.32 Å². The van der Waals surface area contributed by atoms with Gasteiger partial charge in [-0.15, -0.1) is 0 Å². The lowest BCUT2D eigenvalue weighted by atomic mass is 10.0. The van der Waals surface area contributed by atoms with Crippen LogP contribution in [0.3, 0.4) is 0 Å². The molecule has 68 valence electrons. The molecule has 0 aliphatic heterocycles. The van der Waals surface area contributed by atoms with Gasteiger partial charge in [0.25, 0.3) is 0 Å². The van der Waals surface area contributed by atoms with Crippen molar-refractivity contribution in [3.05, 3.63) is 0 Å². The highest BCUT2D eigenvalue weighted by Gasteiger charge is 2.01. The maximum Gasteiger partial charge on any atom is 0.102 e. The number of alkyl halides is 1. The number of halogens is 1. The maximum absolute atomic E-state index is 11.7. The van der Waals surface area contributed by atoms with Gasteiger partial charge in [0.15, 0.2) is 0 Å². The summed E-state index contributed by atoms with van der Waals surface area (Å²) in [4.78, 5) is 0. The van der Waals surface area contributed by atoms with Crippen molar-refractivity contribution >= 4 is 0 Å². The molecule has 0 fully saturated rings. The van der Waals surface area contributed by atoms with Crippen molar-refractivity contribution in [2.45, 2.75) is 39.7 Å². The molecule has 0 heterocycles. The van der Waals surface area contributed by atoms with E-state index in [0.717, 1.165) is 12.3 Å². The van der Waals surface area contributed by atoms with Crippen LogP contribution in [0.15, 0.2) is 0 Å². The summed E-state index contributed by atoms with van der Waals surface area (Å²) >= 11 is 0. The lowest BCUT2D eigenvalue weighted by Gasteiger charge is -2.13. The highest BCUT2D eigenvalue weighted by atomic mass is 19.1. The fraction of sp³-hybridized carbons (Fsp3) is 1.00. The number of rotatable bonds is 6. The van der Waals surface area contributed by atoms with E-state index in [2.05, 4.69) is 26.1 Å². The van der Waals surface area contributed by atoms with Gasteiger partial charge in [0.05, 0.1) is 0 Å². The Morgan fingerprint density at radius 3 is 2.27 bits per heavy atom. The summed E-state index contributed by atoms with van der Waals surface area (Å²) < 4.78 is 11.7. The lowest BCUT2D eigenvalue weighted by Crippen LogP contribution is -2.28. The standard InChI is InChI=1S/C9H20FN/c1-8(2)4-5-9(3)11-7-6-10/h8-9,11H,4-7H2,1-3H3. The third-order valence-corrected chi connectivity index (χ3v) is 1.76. The molecule has 0 aromatic rings. The molecule has 0 rings (SSSR count). The van der Waals surface area contributed by atoms with Gasteiger partial charge in [-0.3, -0.25) is 0 Å². The summed E-state index contributed by atoms with van der Waals surface area (Å²) in [6.07, 6.45) is 2.37. The third kappa shape index (κ3) is 7.79.